The van der Waals surface area contributed by atoms with Gasteiger partial charge < -0.3 is 14.8 Å². The quantitative estimate of drug-likeness (QED) is 0.731. The van der Waals surface area contributed by atoms with Gasteiger partial charge in [-0.2, -0.15) is 9.78 Å². The number of halogens is 1. The lowest BCUT2D eigenvalue weighted by molar-refractivity contribution is 0.0934. The van der Waals surface area contributed by atoms with Crippen molar-refractivity contribution < 1.29 is 18.7 Å². The molecule has 0 unspecified atom stereocenters. The van der Waals surface area contributed by atoms with E-state index in [0.717, 1.165) is 4.68 Å². The summed E-state index contributed by atoms with van der Waals surface area (Å²) < 4.78 is 24.4. The number of carbonyl (C=O) groups excluding carboxylic acids is 1. The van der Waals surface area contributed by atoms with Crippen molar-refractivity contribution in [1.29, 1.82) is 0 Å². The first-order chi connectivity index (χ1) is 12.1. The molecule has 1 amide bonds. The zero-order valence-corrected chi connectivity index (χ0v) is 14.1. The third kappa shape index (κ3) is 4.87. The summed E-state index contributed by atoms with van der Waals surface area (Å²) >= 11 is 0. The van der Waals surface area contributed by atoms with Gasteiger partial charge in [0.15, 0.2) is 11.4 Å². The average molecular weight is 349 g/mol. The van der Waals surface area contributed by atoms with Crippen LogP contribution in [0.5, 0.6) is 5.75 Å². The molecule has 2 aromatic rings. The minimum Gasteiger partial charge on any atom is -0.494 e. The number of carbonyl (C=O) groups is 1. The molecule has 7 nitrogen and oxygen atoms in total. The smallest absolute Gasteiger partial charge is 0.275 e. The van der Waals surface area contributed by atoms with Crippen LogP contribution in [0.1, 0.15) is 23.8 Å². The fraction of sp³-hybridized carbons (Fsp3) is 0.353. The van der Waals surface area contributed by atoms with Gasteiger partial charge in [-0.25, -0.2) is 4.39 Å². The molecule has 0 radical (unpaired) electrons. The highest BCUT2D eigenvalue weighted by Crippen LogP contribution is 2.14. The third-order valence-corrected chi connectivity index (χ3v) is 3.36. The number of ether oxygens (including phenoxy) is 2. The molecule has 0 bridgehead atoms. The van der Waals surface area contributed by atoms with Crippen molar-refractivity contribution in [3.05, 3.63) is 52.2 Å². The summed E-state index contributed by atoms with van der Waals surface area (Å²) in [5.41, 5.74) is -0.168. The number of hydrogen-bond donors (Lipinski definition) is 1. The average Bonchev–Trinajstić information content (AvgIpc) is 2.62. The summed E-state index contributed by atoms with van der Waals surface area (Å²) in [7, 11) is 1.35. The Morgan fingerprint density at radius 3 is 2.68 bits per heavy atom. The van der Waals surface area contributed by atoms with Crippen LogP contribution in [0, 0.1) is 5.82 Å². The predicted octanol–water partition coefficient (Wildman–Crippen LogP) is 1.54. The van der Waals surface area contributed by atoms with Crippen LogP contribution >= 0.6 is 0 Å². The molecule has 0 aliphatic carbocycles. The highest BCUT2D eigenvalue weighted by Gasteiger charge is 2.17. The molecule has 1 aromatic carbocycles. The van der Waals surface area contributed by atoms with Crippen molar-refractivity contribution in [2.75, 3.05) is 26.9 Å². The number of hydrogen-bond acceptors (Lipinski definition) is 5. The zero-order valence-electron chi connectivity index (χ0n) is 14.1. The van der Waals surface area contributed by atoms with Gasteiger partial charge in [-0.1, -0.05) is 0 Å². The highest BCUT2D eigenvalue weighted by atomic mass is 19.1. The first-order valence-corrected chi connectivity index (χ1v) is 7.87. The SMILES string of the molecule is CCOCCCNC(=O)c1nn(-c2ccc(F)cc2)c(=O)cc1OC. The zero-order chi connectivity index (χ0) is 18.2. The Hall–Kier alpha value is -2.74. The lowest BCUT2D eigenvalue weighted by Crippen LogP contribution is -2.30. The second-order valence-corrected chi connectivity index (χ2v) is 5.09. The van der Waals surface area contributed by atoms with Crippen molar-refractivity contribution in [2.45, 2.75) is 13.3 Å². The van der Waals surface area contributed by atoms with Gasteiger partial charge in [0, 0.05) is 19.8 Å². The lowest BCUT2D eigenvalue weighted by Gasteiger charge is -2.11. The molecule has 1 N–H and O–H groups in total. The highest BCUT2D eigenvalue weighted by molar-refractivity contribution is 5.94. The minimum absolute atomic E-state index is 0.0252. The summed E-state index contributed by atoms with van der Waals surface area (Å²) in [6.07, 6.45) is 0.652. The second-order valence-electron chi connectivity index (χ2n) is 5.09. The first kappa shape index (κ1) is 18.6. The van der Waals surface area contributed by atoms with Gasteiger partial charge in [-0.3, -0.25) is 9.59 Å². The van der Waals surface area contributed by atoms with Crippen LogP contribution in [0.15, 0.2) is 35.1 Å². The molecular formula is C17H20FN3O4. The first-order valence-electron chi connectivity index (χ1n) is 7.87. The molecule has 0 atom stereocenters. The Labute approximate surface area is 144 Å². The molecule has 0 aliphatic rings. The summed E-state index contributed by atoms with van der Waals surface area (Å²) in [6.45, 7) is 3.45. The summed E-state index contributed by atoms with van der Waals surface area (Å²) in [5.74, 6) is -0.826. The molecule has 0 aliphatic heterocycles. The maximum atomic E-state index is 13.1. The number of nitrogens with zero attached hydrogens (tertiary/aromatic N) is 2. The minimum atomic E-state index is -0.489. The maximum Gasteiger partial charge on any atom is 0.275 e. The predicted molar refractivity (Wildman–Crippen MR) is 89.8 cm³/mol. The fourth-order valence-electron chi connectivity index (χ4n) is 2.12. The molecule has 0 saturated carbocycles. The van der Waals surface area contributed by atoms with Gasteiger partial charge in [0.1, 0.15) is 5.82 Å². The van der Waals surface area contributed by atoms with Crippen molar-refractivity contribution in [3.63, 3.8) is 0 Å². The fourth-order valence-corrected chi connectivity index (χ4v) is 2.12. The van der Waals surface area contributed by atoms with Crippen LogP contribution in [-0.2, 0) is 4.74 Å². The van der Waals surface area contributed by atoms with E-state index < -0.39 is 17.3 Å². The van der Waals surface area contributed by atoms with Gasteiger partial charge >= 0.3 is 0 Å². The van der Waals surface area contributed by atoms with E-state index in [4.69, 9.17) is 9.47 Å². The number of aromatic nitrogens is 2. The molecule has 2 rings (SSSR count). The van der Waals surface area contributed by atoms with Gasteiger partial charge in [0.2, 0.25) is 0 Å². The van der Waals surface area contributed by atoms with E-state index in [1.165, 1.54) is 37.4 Å². The normalized spacial score (nSPS) is 10.5. The van der Waals surface area contributed by atoms with Crippen LogP contribution < -0.4 is 15.6 Å². The Kier molecular flexibility index (Phi) is 6.64. The molecule has 1 aromatic heterocycles. The number of nitrogens with one attached hydrogen (secondary N) is 1. The Morgan fingerprint density at radius 1 is 1.32 bits per heavy atom. The van der Waals surface area contributed by atoms with Crippen LogP contribution in [0.4, 0.5) is 4.39 Å². The Bertz CT molecular complexity index is 774. The maximum absolute atomic E-state index is 13.1. The molecule has 0 saturated heterocycles. The summed E-state index contributed by atoms with van der Waals surface area (Å²) in [4.78, 5) is 24.5. The Morgan fingerprint density at radius 2 is 2.04 bits per heavy atom. The standard InChI is InChI=1S/C17H20FN3O4/c1-3-25-10-4-9-19-17(23)16-14(24-2)11-15(22)21(20-16)13-7-5-12(18)6-8-13/h5-8,11H,3-4,9-10H2,1-2H3,(H,19,23). The van der Waals surface area contributed by atoms with E-state index in [2.05, 4.69) is 10.4 Å². The van der Waals surface area contributed by atoms with Crippen molar-refractivity contribution in [3.8, 4) is 11.4 Å². The topological polar surface area (TPSA) is 82.5 Å². The molecule has 25 heavy (non-hydrogen) atoms. The third-order valence-electron chi connectivity index (χ3n) is 3.36. The summed E-state index contributed by atoms with van der Waals surface area (Å²) in [5, 5.41) is 6.77. The van der Waals surface area contributed by atoms with E-state index in [0.29, 0.717) is 31.9 Å². The van der Waals surface area contributed by atoms with E-state index in [1.54, 1.807) is 0 Å². The second kappa shape index (κ2) is 8.93. The van der Waals surface area contributed by atoms with Crippen LogP contribution in [0.3, 0.4) is 0 Å². The number of rotatable bonds is 8. The molecule has 0 fully saturated rings. The molecule has 8 heteroatoms. The lowest BCUT2D eigenvalue weighted by atomic mass is 10.3. The molecular weight excluding hydrogens is 329 g/mol. The molecule has 1 heterocycles. The van der Waals surface area contributed by atoms with Crippen LogP contribution in [0.25, 0.3) is 5.69 Å². The molecule has 0 spiro atoms. The number of methoxy groups -OCH3 is 1. The van der Waals surface area contributed by atoms with E-state index in [9.17, 15) is 14.0 Å². The largest absolute Gasteiger partial charge is 0.494 e. The van der Waals surface area contributed by atoms with E-state index in [1.807, 2.05) is 6.92 Å². The van der Waals surface area contributed by atoms with Crippen LogP contribution in [0.2, 0.25) is 0 Å². The van der Waals surface area contributed by atoms with E-state index in [-0.39, 0.29) is 11.4 Å². The number of amides is 1. The van der Waals surface area contributed by atoms with Gasteiger partial charge in [0.25, 0.3) is 11.5 Å². The van der Waals surface area contributed by atoms with Crippen molar-refractivity contribution >= 4 is 5.91 Å². The van der Waals surface area contributed by atoms with Crippen molar-refractivity contribution in [2.24, 2.45) is 0 Å². The monoisotopic (exact) mass is 349 g/mol. The van der Waals surface area contributed by atoms with Gasteiger partial charge in [0.05, 0.1) is 18.9 Å². The van der Waals surface area contributed by atoms with Gasteiger partial charge in [-0.15, -0.1) is 0 Å². The summed E-state index contributed by atoms with van der Waals surface area (Å²) in [6, 6.07) is 6.40. The molecule has 134 valence electrons. The van der Waals surface area contributed by atoms with E-state index >= 15 is 0 Å². The van der Waals surface area contributed by atoms with Gasteiger partial charge in [-0.05, 0) is 37.6 Å². The van der Waals surface area contributed by atoms with Crippen molar-refractivity contribution in [1.82, 2.24) is 15.1 Å². The van der Waals surface area contributed by atoms with Crippen LogP contribution in [-0.4, -0.2) is 42.6 Å². The number of benzene rings is 1. The Balaban J connectivity index is 2.24.